The molecule has 0 amide bonds. The minimum Gasteiger partial charge on any atom is -0.508 e. The zero-order valence-electron chi connectivity index (χ0n) is 13.1. The minimum atomic E-state index is -4.73. The van der Waals surface area contributed by atoms with Crippen LogP contribution in [0.1, 0.15) is 18.4 Å². The Balaban J connectivity index is 2.04. The number of aryl methyl sites for hydroxylation is 1. The second-order valence-electron chi connectivity index (χ2n) is 5.65. The molecule has 1 unspecified atom stereocenters. The van der Waals surface area contributed by atoms with E-state index in [1.54, 1.807) is 18.2 Å². The summed E-state index contributed by atoms with van der Waals surface area (Å²) in [5.74, 6) is -3.00. The minimum absolute atomic E-state index is 0.000837. The van der Waals surface area contributed by atoms with Gasteiger partial charge in [0.1, 0.15) is 23.2 Å². The van der Waals surface area contributed by atoms with Crippen LogP contribution in [0.15, 0.2) is 47.9 Å². The molecule has 8 nitrogen and oxygen atoms in total. The van der Waals surface area contributed by atoms with Gasteiger partial charge in [0.2, 0.25) is 0 Å². The Kier molecular flexibility index (Phi) is 5.79. The molecule has 1 aromatic rings. The summed E-state index contributed by atoms with van der Waals surface area (Å²) >= 11 is 0. The fourth-order valence-corrected chi connectivity index (χ4v) is 3.12. The van der Waals surface area contributed by atoms with Crippen LogP contribution < -0.4 is 5.09 Å². The van der Waals surface area contributed by atoms with Crippen LogP contribution in [0.5, 0.6) is 5.75 Å². The first-order chi connectivity index (χ1) is 11.7. The van der Waals surface area contributed by atoms with Gasteiger partial charge in [-0.3, -0.25) is 14.7 Å². The molecule has 0 saturated carbocycles. The van der Waals surface area contributed by atoms with Gasteiger partial charge in [0.05, 0.1) is 0 Å². The van der Waals surface area contributed by atoms with Crippen molar-refractivity contribution in [2.75, 3.05) is 0 Å². The third-order valence-electron chi connectivity index (χ3n) is 3.58. The van der Waals surface area contributed by atoms with Gasteiger partial charge < -0.3 is 20.0 Å². The smallest absolute Gasteiger partial charge is 0.427 e. The number of aliphatic hydroxyl groups is 1. The summed E-state index contributed by atoms with van der Waals surface area (Å²) in [6.07, 6.45) is 2.69. The molecule has 134 valence electrons. The van der Waals surface area contributed by atoms with Crippen molar-refractivity contribution in [3.63, 3.8) is 0 Å². The Morgan fingerprint density at radius 2 is 1.92 bits per heavy atom. The molecule has 1 aromatic carbocycles. The number of ketones is 2. The molecular weight excluding hydrogens is 349 g/mol. The predicted octanol–water partition coefficient (Wildman–Crippen LogP) is 1.49. The number of Topliss-reactive ketones (excluding diaryl/α,β-unsaturated/α-hetero) is 1. The Bertz CT molecular complexity index is 793. The normalized spacial score (nSPS) is 17.7. The molecule has 0 aromatic heterocycles. The van der Waals surface area contributed by atoms with Gasteiger partial charge in [0, 0.05) is 24.3 Å². The van der Waals surface area contributed by atoms with Crippen molar-refractivity contribution >= 4 is 19.3 Å². The van der Waals surface area contributed by atoms with Crippen LogP contribution in [-0.4, -0.2) is 31.6 Å². The lowest BCUT2D eigenvalue weighted by atomic mass is 9.88. The summed E-state index contributed by atoms with van der Waals surface area (Å²) < 4.78 is 11.1. The molecule has 1 aliphatic carbocycles. The van der Waals surface area contributed by atoms with Crippen molar-refractivity contribution in [2.45, 2.75) is 19.3 Å². The molecule has 0 saturated heterocycles. The molecule has 1 atom stereocenters. The fourth-order valence-electron chi connectivity index (χ4n) is 2.59. The van der Waals surface area contributed by atoms with E-state index in [4.69, 9.17) is 9.79 Å². The molecule has 1 aliphatic rings. The van der Waals surface area contributed by atoms with Crippen molar-refractivity contribution < 1.29 is 34.2 Å². The topological polar surface area (TPSA) is 144 Å². The highest BCUT2D eigenvalue weighted by molar-refractivity contribution is 7.49. The summed E-state index contributed by atoms with van der Waals surface area (Å²) in [6, 6.07) is 6.56. The van der Waals surface area contributed by atoms with E-state index in [0.29, 0.717) is 12.8 Å². The van der Waals surface area contributed by atoms with E-state index in [0.717, 1.165) is 17.7 Å². The lowest BCUT2D eigenvalue weighted by Gasteiger charge is -2.22. The summed E-state index contributed by atoms with van der Waals surface area (Å²) in [5, 5.41) is 20.6. The van der Waals surface area contributed by atoms with Gasteiger partial charge in [0.25, 0.3) is 0 Å². The number of rotatable bonds is 7. The van der Waals surface area contributed by atoms with Crippen molar-refractivity contribution in [3.8, 4) is 5.75 Å². The number of hydrogen-bond donors (Lipinski definition) is 5. The van der Waals surface area contributed by atoms with Crippen molar-refractivity contribution in [2.24, 2.45) is 5.92 Å². The number of phenolic OH excluding ortho intramolecular Hbond substituents is 1. The number of aliphatic hydroxyl groups excluding tert-OH is 1. The lowest BCUT2D eigenvalue weighted by molar-refractivity contribution is -0.129. The molecular formula is C16H18NO7P. The van der Waals surface area contributed by atoms with E-state index in [1.165, 1.54) is 6.07 Å². The Labute approximate surface area is 143 Å². The van der Waals surface area contributed by atoms with E-state index >= 15 is 0 Å². The second kappa shape index (κ2) is 7.65. The monoisotopic (exact) mass is 367 g/mol. The SMILES string of the molecule is O=C1C=C(O)C=C(NP(=O)(O)O)C1C(=O)CCCc1cccc(O)c1. The summed E-state index contributed by atoms with van der Waals surface area (Å²) in [6.45, 7) is 0. The summed E-state index contributed by atoms with van der Waals surface area (Å²) in [5.41, 5.74) is 0.505. The van der Waals surface area contributed by atoms with Crippen LogP contribution in [0, 0.1) is 5.92 Å². The number of allylic oxidation sites excluding steroid dienone is 3. The van der Waals surface area contributed by atoms with E-state index < -0.39 is 31.0 Å². The average Bonchev–Trinajstić information content (AvgIpc) is 2.44. The number of carbonyl (C=O) groups excluding carboxylic acids is 2. The predicted molar refractivity (Wildman–Crippen MR) is 88.5 cm³/mol. The maximum Gasteiger partial charge on any atom is 0.427 e. The Hall–Kier alpha value is -2.41. The van der Waals surface area contributed by atoms with Crippen LogP contribution in [-0.2, 0) is 20.6 Å². The number of aromatic hydroxyl groups is 1. The standard InChI is InChI=1S/C16H18NO7P/c18-11-5-1-3-10(7-11)4-2-6-14(20)16-13(17-25(22,23)24)8-12(19)9-15(16)21/h1,3,5,7-9,16,18-19H,2,4,6H2,(H3,17,22,23,24). The van der Waals surface area contributed by atoms with Crippen molar-refractivity contribution in [1.29, 1.82) is 0 Å². The molecule has 0 radical (unpaired) electrons. The van der Waals surface area contributed by atoms with Crippen LogP contribution in [0.25, 0.3) is 0 Å². The number of carbonyl (C=O) groups is 2. The average molecular weight is 367 g/mol. The third kappa shape index (κ3) is 5.56. The Morgan fingerprint density at radius 3 is 2.56 bits per heavy atom. The van der Waals surface area contributed by atoms with E-state index in [1.807, 2.05) is 5.09 Å². The fraction of sp³-hybridized carbons (Fsp3) is 0.250. The lowest BCUT2D eigenvalue weighted by Crippen LogP contribution is -2.33. The van der Waals surface area contributed by atoms with Gasteiger partial charge in [-0.2, -0.15) is 0 Å². The first-order valence-electron chi connectivity index (χ1n) is 7.46. The van der Waals surface area contributed by atoms with Crippen molar-refractivity contribution in [3.05, 3.63) is 53.4 Å². The first-order valence-corrected chi connectivity index (χ1v) is 9.07. The zero-order valence-corrected chi connectivity index (χ0v) is 14.0. The maximum absolute atomic E-state index is 12.4. The quantitative estimate of drug-likeness (QED) is 0.360. The highest BCUT2D eigenvalue weighted by Gasteiger charge is 2.34. The number of phenols is 1. The van der Waals surface area contributed by atoms with Crippen LogP contribution >= 0.6 is 7.75 Å². The molecule has 0 spiro atoms. The molecule has 0 fully saturated rings. The van der Waals surface area contributed by atoms with Crippen LogP contribution in [0.3, 0.4) is 0 Å². The molecule has 2 rings (SSSR count). The molecule has 9 heteroatoms. The zero-order chi connectivity index (χ0) is 18.6. The Morgan fingerprint density at radius 1 is 1.20 bits per heavy atom. The van der Waals surface area contributed by atoms with Gasteiger partial charge in [-0.15, -0.1) is 0 Å². The number of hydrogen-bond acceptors (Lipinski definition) is 5. The highest BCUT2D eigenvalue weighted by Crippen LogP contribution is 2.34. The maximum atomic E-state index is 12.4. The third-order valence-corrected chi connectivity index (χ3v) is 4.13. The van der Waals surface area contributed by atoms with Crippen LogP contribution in [0.2, 0.25) is 0 Å². The van der Waals surface area contributed by atoms with Gasteiger partial charge in [-0.1, -0.05) is 12.1 Å². The summed E-state index contributed by atoms with van der Waals surface area (Å²) in [4.78, 5) is 42.4. The first kappa shape index (κ1) is 18.9. The molecule has 0 bridgehead atoms. The van der Waals surface area contributed by atoms with Gasteiger partial charge in [-0.25, -0.2) is 4.57 Å². The molecule has 5 N–H and O–H groups in total. The molecule has 25 heavy (non-hydrogen) atoms. The van der Waals surface area contributed by atoms with Gasteiger partial charge in [-0.05, 0) is 30.5 Å². The van der Waals surface area contributed by atoms with Gasteiger partial charge in [0.15, 0.2) is 5.78 Å². The van der Waals surface area contributed by atoms with Crippen molar-refractivity contribution in [1.82, 2.24) is 5.09 Å². The number of nitrogens with one attached hydrogen (secondary N) is 1. The van der Waals surface area contributed by atoms with Crippen LogP contribution in [0.4, 0.5) is 0 Å². The molecule has 0 heterocycles. The van der Waals surface area contributed by atoms with Gasteiger partial charge >= 0.3 is 7.75 Å². The summed E-state index contributed by atoms with van der Waals surface area (Å²) in [7, 11) is -4.73. The number of benzene rings is 1. The van der Waals surface area contributed by atoms with E-state index in [9.17, 15) is 24.4 Å². The van der Waals surface area contributed by atoms with E-state index in [-0.39, 0.29) is 17.9 Å². The van der Waals surface area contributed by atoms with E-state index in [2.05, 4.69) is 0 Å². The second-order valence-corrected chi connectivity index (χ2v) is 6.96. The molecule has 0 aliphatic heterocycles. The highest BCUT2D eigenvalue weighted by atomic mass is 31.2. The largest absolute Gasteiger partial charge is 0.508 e.